The van der Waals surface area contributed by atoms with Crippen LogP contribution in [0.4, 0.5) is 4.79 Å². The molecule has 1 saturated heterocycles. The van der Waals surface area contributed by atoms with E-state index < -0.39 is 12.1 Å². The Bertz CT molecular complexity index is 1350. The minimum absolute atomic E-state index is 0.358. The molecule has 1 aliphatic rings. The van der Waals surface area contributed by atoms with Gasteiger partial charge in [0, 0.05) is 12.4 Å². The number of carbonyl (C=O) groups excluding carboxylic acids is 2. The average Bonchev–Trinajstić information content (AvgIpc) is 3.32. The van der Waals surface area contributed by atoms with Gasteiger partial charge in [0.05, 0.1) is 7.11 Å². The van der Waals surface area contributed by atoms with Gasteiger partial charge in [-0.3, -0.25) is 15.1 Å². The summed E-state index contributed by atoms with van der Waals surface area (Å²) in [5, 5.41) is 4.78. The smallest absolute Gasteiger partial charge is 0.322 e. The Morgan fingerprint density at radius 3 is 2.25 bits per heavy atom. The lowest BCUT2D eigenvalue weighted by Crippen LogP contribution is -2.22. The number of allylic oxidation sites excluding steroid dienone is 1. The van der Waals surface area contributed by atoms with Crippen molar-refractivity contribution in [3.05, 3.63) is 114 Å². The van der Waals surface area contributed by atoms with E-state index in [4.69, 9.17) is 9.47 Å². The number of nitrogens with zero attached hydrogens (tertiary/aromatic N) is 1. The van der Waals surface area contributed by atoms with Crippen LogP contribution in [0.1, 0.15) is 56.0 Å². The Morgan fingerprint density at radius 1 is 0.950 bits per heavy atom. The van der Waals surface area contributed by atoms with Gasteiger partial charge in [-0.15, -0.1) is 0 Å². The second kappa shape index (κ2) is 16.3. The van der Waals surface area contributed by atoms with Crippen LogP contribution in [0.5, 0.6) is 17.2 Å². The quantitative estimate of drug-likeness (QED) is 0.315. The summed E-state index contributed by atoms with van der Waals surface area (Å²) in [6.45, 7) is 14.1. The van der Waals surface area contributed by atoms with Crippen LogP contribution in [0.2, 0.25) is 0 Å². The molecule has 2 N–H and O–H groups in total. The minimum atomic E-state index is -0.667. The van der Waals surface area contributed by atoms with Crippen molar-refractivity contribution in [2.24, 2.45) is 0 Å². The number of benzene rings is 2. The van der Waals surface area contributed by atoms with Crippen LogP contribution in [0.25, 0.3) is 5.57 Å². The zero-order valence-corrected chi connectivity index (χ0v) is 24.2. The van der Waals surface area contributed by atoms with Gasteiger partial charge in [0.15, 0.2) is 0 Å². The van der Waals surface area contributed by atoms with E-state index >= 15 is 0 Å². The monoisotopic (exact) mass is 541 g/mol. The van der Waals surface area contributed by atoms with Crippen molar-refractivity contribution in [1.82, 2.24) is 15.6 Å². The van der Waals surface area contributed by atoms with Crippen LogP contribution in [-0.4, -0.2) is 24.0 Å². The lowest BCUT2D eigenvalue weighted by Gasteiger charge is -2.10. The van der Waals surface area contributed by atoms with Crippen molar-refractivity contribution in [2.45, 2.75) is 47.1 Å². The van der Waals surface area contributed by atoms with Crippen molar-refractivity contribution in [3.8, 4) is 17.2 Å². The Balaban J connectivity index is 0.000000315. The molecule has 0 bridgehead atoms. The maximum absolute atomic E-state index is 11.7. The molecule has 1 aliphatic heterocycles. The van der Waals surface area contributed by atoms with E-state index in [2.05, 4.69) is 35.2 Å². The molecule has 1 fully saturated rings. The number of rotatable bonds is 6. The van der Waals surface area contributed by atoms with Gasteiger partial charge in [-0.05, 0) is 78.9 Å². The SMILES string of the molecule is C=C(C)c1cc(OC)ccc1CC.CC.Cc1cccccnccc1Oc1ccc(C2NC(=O)NC2=O)cc1. The highest BCUT2D eigenvalue weighted by Gasteiger charge is 2.30. The van der Waals surface area contributed by atoms with Crippen molar-refractivity contribution in [2.75, 3.05) is 7.11 Å². The molecule has 4 rings (SSSR count). The van der Waals surface area contributed by atoms with Crippen LogP contribution < -0.4 is 20.1 Å². The summed E-state index contributed by atoms with van der Waals surface area (Å²) in [4.78, 5) is 27.0. The summed E-state index contributed by atoms with van der Waals surface area (Å²) in [5.41, 5.74) is 5.27. The molecule has 0 radical (unpaired) electrons. The fourth-order valence-electron chi connectivity index (χ4n) is 3.75. The van der Waals surface area contributed by atoms with Crippen LogP contribution in [0, 0.1) is 6.92 Å². The molecule has 3 aromatic rings. The molecule has 1 aromatic heterocycles. The Labute approximate surface area is 237 Å². The molecule has 0 spiro atoms. The first-order chi connectivity index (χ1) is 19.3. The molecule has 2 aromatic carbocycles. The molecule has 0 aliphatic carbocycles. The first-order valence-corrected chi connectivity index (χ1v) is 13.3. The van der Waals surface area contributed by atoms with Crippen molar-refractivity contribution in [1.29, 1.82) is 0 Å². The van der Waals surface area contributed by atoms with E-state index in [0.717, 1.165) is 23.3 Å². The standard InChI is InChI=1S/C19H17N3O3.C12H16O.C2H6/c1-13-5-3-2-4-11-20-12-10-16(13)25-15-8-6-14(7-9-15)17-18(23)22-19(24)21-17;1-5-10-6-7-11(13-4)8-12(10)9(2)3;1-2/h2-12,17H,1H3,(H2,21,22,23,24);6-8H,2,5H2,1,3-4H3;1-2H3. The number of carbonyl (C=O) groups is 2. The van der Waals surface area contributed by atoms with E-state index in [1.54, 1.807) is 49.8 Å². The van der Waals surface area contributed by atoms with Gasteiger partial charge in [0.2, 0.25) is 0 Å². The number of methoxy groups -OCH3 is 1. The maximum Gasteiger partial charge on any atom is 0.322 e. The largest absolute Gasteiger partial charge is 0.497 e. The third-order valence-electron chi connectivity index (χ3n) is 5.81. The van der Waals surface area contributed by atoms with Gasteiger partial charge in [-0.1, -0.05) is 69.3 Å². The second-order valence-electron chi connectivity index (χ2n) is 8.63. The number of nitrogens with one attached hydrogen (secondary N) is 2. The van der Waals surface area contributed by atoms with Crippen molar-refractivity contribution >= 4 is 17.5 Å². The van der Waals surface area contributed by atoms with E-state index in [9.17, 15) is 9.59 Å². The molecule has 210 valence electrons. The molecule has 40 heavy (non-hydrogen) atoms. The zero-order valence-electron chi connectivity index (χ0n) is 24.2. The topological polar surface area (TPSA) is 89.6 Å². The first kappa shape index (κ1) is 31.6. The predicted molar refractivity (Wildman–Crippen MR) is 161 cm³/mol. The van der Waals surface area contributed by atoms with Gasteiger partial charge in [-0.25, -0.2) is 4.79 Å². The fraction of sp³-hybridized carbons (Fsp3) is 0.242. The van der Waals surface area contributed by atoms with Gasteiger partial charge < -0.3 is 14.8 Å². The lowest BCUT2D eigenvalue weighted by atomic mass is 10.00. The highest BCUT2D eigenvalue weighted by atomic mass is 16.5. The van der Waals surface area contributed by atoms with Gasteiger partial charge in [0.25, 0.3) is 5.91 Å². The van der Waals surface area contributed by atoms with E-state index in [0.29, 0.717) is 17.1 Å². The maximum atomic E-state index is 11.7. The van der Waals surface area contributed by atoms with Crippen LogP contribution in [0.3, 0.4) is 0 Å². The lowest BCUT2D eigenvalue weighted by molar-refractivity contribution is -0.120. The summed E-state index contributed by atoms with van der Waals surface area (Å²) < 4.78 is 11.1. The number of imide groups is 1. The number of hydrogen-bond donors (Lipinski definition) is 2. The first-order valence-electron chi connectivity index (χ1n) is 13.3. The third-order valence-corrected chi connectivity index (χ3v) is 5.81. The molecule has 2 heterocycles. The van der Waals surface area contributed by atoms with E-state index in [1.165, 1.54) is 11.1 Å². The van der Waals surface area contributed by atoms with E-state index in [1.807, 2.05) is 64.1 Å². The summed E-state index contributed by atoms with van der Waals surface area (Å²) in [7, 11) is 1.68. The average molecular weight is 542 g/mol. The van der Waals surface area contributed by atoms with Gasteiger partial charge in [0.1, 0.15) is 23.3 Å². The summed E-state index contributed by atoms with van der Waals surface area (Å²) >= 11 is 0. The van der Waals surface area contributed by atoms with Crippen molar-refractivity contribution in [3.63, 3.8) is 0 Å². The number of urea groups is 1. The minimum Gasteiger partial charge on any atom is -0.497 e. The van der Waals surface area contributed by atoms with Crippen LogP contribution in [-0.2, 0) is 11.2 Å². The zero-order chi connectivity index (χ0) is 29.5. The third kappa shape index (κ3) is 9.27. The molecule has 7 heteroatoms. The number of aryl methyl sites for hydroxylation is 2. The summed E-state index contributed by atoms with van der Waals surface area (Å²) in [5.74, 6) is 1.83. The number of ether oxygens (including phenoxy) is 2. The Hall–Kier alpha value is -4.65. The number of amides is 3. The summed E-state index contributed by atoms with van der Waals surface area (Å²) in [6, 6.07) is 21.4. The van der Waals surface area contributed by atoms with Gasteiger partial charge >= 0.3 is 6.03 Å². The van der Waals surface area contributed by atoms with Crippen molar-refractivity contribution < 1.29 is 19.1 Å². The van der Waals surface area contributed by atoms with Crippen LogP contribution >= 0.6 is 0 Å². The molecule has 3 amide bonds. The second-order valence-corrected chi connectivity index (χ2v) is 8.63. The predicted octanol–water partition coefficient (Wildman–Crippen LogP) is 7.50. The molecule has 1 atom stereocenters. The molecular formula is C33H39N3O4. The highest BCUT2D eigenvalue weighted by molar-refractivity contribution is 6.04. The van der Waals surface area contributed by atoms with Crippen LogP contribution in [0.15, 0.2) is 91.8 Å². The Kier molecular flexibility index (Phi) is 12.9. The number of hydrogen-bond acceptors (Lipinski definition) is 5. The Morgan fingerprint density at radius 2 is 1.65 bits per heavy atom. The normalized spacial score (nSPS) is 13.2. The molecule has 1 unspecified atom stereocenters. The molecular weight excluding hydrogens is 502 g/mol. The van der Waals surface area contributed by atoms with Gasteiger partial charge in [-0.2, -0.15) is 0 Å². The molecule has 0 saturated carbocycles. The fourth-order valence-corrected chi connectivity index (χ4v) is 3.75. The number of aromatic nitrogens is 1. The highest BCUT2D eigenvalue weighted by Crippen LogP contribution is 2.26. The van der Waals surface area contributed by atoms with E-state index in [-0.39, 0.29) is 5.91 Å². The summed E-state index contributed by atoms with van der Waals surface area (Å²) in [6.07, 6.45) is 4.39. The molecule has 7 nitrogen and oxygen atoms in total.